The largest absolute Gasteiger partial charge is 0.435 e. The van der Waals surface area contributed by atoms with Gasteiger partial charge in [-0.25, -0.2) is 8.42 Å². The Kier molecular flexibility index (Phi) is 6.78. The molecule has 1 aromatic heterocycles. The number of ether oxygens (including phenoxy) is 1. The molecule has 1 aliphatic heterocycles. The van der Waals surface area contributed by atoms with Crippen LogP contribution in [-0.2, 0) is 45.1 Å². The number of benzene rings is 1. The summed E-state index contributed by atoms with van der Waals surface area (Å²) in [6.45, 7) is 0.858. The maximum atomic E-state index is 13.4. The summed E-state index contributed by atoms with van der Waals surface area (Å²) >= 11 is 0. The monoisotopic (exact) mass is 486 g/mol. The van der Waals surface area contributed by atoms with Gasteiger partial charge in [0.25, 0.3) is 0 Å². The minimum Gasteiger partial charge on any atom is -0.379 e. The number of halogens is 3. The molecule has 0 unspecified atom stereocenters. The summed E-state index contributed by atoms with van der Waals surface area (Å²) < 4.78 is 73.4. The molecule has 2 aliphatic rings. The van der Waals surface area contributed by atoms with Crippen molar-refractivity contribution in [3.05, 3.63) is 41.2 Å². The summed E-state index contributed by atoms with van der Waals surface area (Å²) in [6.07, 6.45) is -1.59. The molecule has 8 nitrogen and oxygen atoms in total. The van der Waals surface area contributed by atoms with Gasteiger partial charge in [0, 0.05) is 30.0 Å². The third kappa shape index (κ3) is 5.22. The smallest absolute Gasteiger partial charge is 0.379 e. The van der Waals surface area contributed by atoms with E-state index in [9.17, 15) is 26.4 Å². The van der Waals surface area contributed by atoms with Crippen LogP contribution in [-0.4, -0.2) is 54.7 Å². The molecular weight excluding hydrogens is 461 g/mol. The number of nitrogens with one attached hydrogen (secondary N) is 1. The van der Waals surface area contributed by atoms with Gasteiger partial charge in [-0.1, -0.05) is 6.42 Å². The van der Waals surface area contributed by atoms with E-state index in [2.05, 4.69) is 10.4 Å². The number of aromatic nitrogens is 2. The molecule has 0 bridgehead atoms. The molecule has 12 heteroatoms. The van der Waals surface area contributed by atoms with E-state index in [-0.39, 0.29) is 30.1 Å². The second-order valence-corrected chi connectivity index (χ2v) is 10.0. The third-order valence-electron chi connectivity index (χ3n) is 5.81. The van der Waals surface area contributed by atoms with E-state index in [1.54, 1.807) is 0 Å². The summed E-state index contributed by atoms with van der Waals surface area (Å²) in [5.74, 6) is -0.540. The van der Waals surface area contributed by atoms with Crippen molar-refractivity contribution in [2.45, 2.75) is 49.7 Å². The van der Waals surface area contributed by atoms with Crippen molar-refractivity contribution in [3.8, 4) is 0 Å². The fourth-order valence-electron chi connectivity index (χ4n) is 4.19. The van der Waals surface area contributed by atoms with E-state index < -0.39 is 27.8 Å². The minimum absolute atomic E-state index is 0.0922. The topological polar surface area (TPSA) is 93.5 Å². The average molecular weight is 487 g/mol. The Labute approximate surface area is 189 Å². The number of carbonyl (C=O) groups excluding carboxylic acids is 1. The summed E-state index contributed by atoms with van der Waals surface area (Å²) in [5, 5.41) is 6.33. The number of rotatable bonds is 5. The number of sulfonamides is 1. The first-order valence-electron chi connectivity index (χ1n) is 10.8. The van der Waals surface area contributed by atoms with E-state index in [1.807, 2.05) is 0 Å². The van der Waals surface area contributed by atoms with Crippen LogP contribution in [0.4, 0.5) is 18.9 Å². The zero-order valence-corrected chi connectivity index (χ0v) is 18.7. The molecule has 1 aromatic carbocycles. The van der Waals surface area contributed by atoms with E-state index in [4.69, 9.17) is 4.74 Å². The van der Waals surface area contributed by atoms with Crippen molar-refractivity contribution >= 4 is 21.6 Å². The number of anilines is 1. The van der Waals surface area contributed by atoms with Gasteiger partial charge < -0.3 is 10.1 Å². The molecule has 0 radical (unpaired) electrons. The van der Waals surface area contributed by atoms with Crippen LogP contribution in [0.15, 0.2) is 29.2 Å². The predicted octanol–water partition coefficient (Wildman–Crippen LogP) is 2.83. The van der Waals surface area contributed by atoms with Gasteiger partial charge >= 0.3 is 6.18 Å². The maximum Gasteiger partial charge on any atom is 0.435 e. The minimum atomic E-state index is -4.57. The second kappa shape index (κ2) is 9.43. The maximum absolute atomic E-state index is 13.4. The van der Waals surface area contributed by atoms with Crippen LogP contribution in [0.3, 0.4) is 0 Å². The standard InChI is InChI=1S/C21H25F3N4O4S/c22-21(23,24)20-17-4-2-1-3-5-18(17)28(26-20)14-19(29)25-15-6-8-16(9-7-15)33(30,31)27-10-12-32-13-11-27/h6-9H,1-5,10-14H2,(H,25,29). The van der Waals surface area contributed by atoms with E-state index in [1.165, 1.54) is 28.6 Å². The van der Waals surface area contributed by atoms with E-state index in [0.29, 0.717) is 43.9 Å². The van der Waals surface area contributed by atoms with Crippen LogP contribution in [0.2, 0.25) is 0 Å². The molecule has 0 saturated carbocycles. The quantitative estimate of drug-likeness (QED) is 0.656. The first-order valence-corrected chi connectivity index (χ1v) is 12.2. The average Bonchev–Trinajstić information content (AvgIpc) is 2.95. The van der Waals surface area contributed by atoms with Crippen LogP contribution < -0.4 is 5.32 Å². The third-order valence-corrected chi connectivity index (χ3v) is 7.73. The summed E-state index contributed by atoms with van der Waals surface area (Å²) in [5.41, 5.74) is 0.0764. The van der Waals surface area contributed by atoms with Gasteiger partial charge in [0.05, 0.1) is 18.1 Å². The highest BCUT2D eigenvalue weighted by molar-refractivity contribution is 7.89. The fraction of sp³-hybridized carbons (Fsp3) is 0.524. The molecule has 1 N–H and O–H groups in total. The lowest BCUT2D eigenvalue weighted by Gasteiger charge is -2.26. The molecule has 0 spiro atoms. The summed E-state index contributed by atoms with van der Waals surface area (Å²) in [7, 11) is -3.66. The Morgan fingerprint density at radius 1 is 1.06 bits per heavy atom. The number of hydrogen-bond acceptors (Lipinski definition) is 5. The Hall–Kier alpha value is -2.44. The SMILES string of the molecule is O=C(Cn1nc(C(F)(F)F)c2c1CCCCC2)Nc1ccc(S(=O)(=O)N2CCOCC2)cc1. The molecular formula is C21H25F3N4O4S. The summed E-state index contributed by atoms with van der Waals surface area (Å²) in [6, 6.07) is 5.69. The van der Waals surface area contributed by atoms with E-state index >= 15 is 0 Å². The fourth-order valence-corrected chi connectivity index (χ4v) is 5.60. The van der Waals surface area contributed by atoms with Crippen LogP contribution in [0.25, 0.3) is 0 Å². The molecule has 1 aliphatic carbocycles. The van der Waals surface area contributed by atoms with Crippen LogP contribution in [0.5, 0.6) is 0 Å². The van der Waals surface area contributed by atoms with Crippen LogP contribution in [0.1, 0.15) is 36.2 Å². The normalized spacial score (nSPS) is 17.9. The Morgan fingerprint density at radius 2 is 1.73 bits per heavy atom. The first kappa shape index (κ1) is 23.7. The van der Waals surface area contributed by atoms with Crippen molar-refractivity contribution in [2.75, 3.05) is 31.6 Å². The second-order valence-electron chi connectivity index (χ2n) is 8.08. The van der Waals surface area contributed by atoms with Gasteiger partial charge in [-0.15, -0.1) is 0 Å². The van der Waals surface area contributed by atoms with Crippen molar-refractivity contribution in [1.82, 2.24) is 14.1 Å². The predicted molar refractivity (Wildman–Crippen MR) is 113 cm³/mol. The molecule has 1 fully saturated rings. The molecule has 180 valence electrons. The van der Waals surface area contributed by atoms with Gasteiger partial charge in [-0.2, -0.15) is 22.6 Å². The lowest BCUT2D eigenvalue weighted by atomic mass is 10.1. The Balaban J connectivity index is 1.47. The number of amides is 1. The van der Waals surface area contributed by atoms with Crippen molar-refractivity contribution in [3.63, 3.8) is 0 Å². The zero-order valence-electron chi connectivity index (χ0n) is 17.9. The van der Waals surface area contributed by atoms with Gasteiger partial charge in [-0.3, -0.25) is 9.48 Å². The Bertz CT molecular complexity index is 1110. The number of hydrogen-bond donors (Lipinski definition) is 1. The van der Waals surface area contributed by atoms with Gasteiger partial charge in [-0.05, 0) is 49.9 Å². The molecule has 33 heavy (non-hydrogen) atoms. The zero-order chi connectivity index (χ0) is 23.6. The van der Waals surface area contributed by atoms with Crippen molar-refractivity contribution in [2.24, 2.45) is 0 Å². The first-order chi connectivity index (χ1) is 15.7. The lowest BCUT2D eigenvalue weighted by molar-refractivity contribution is -0.142. The molecule has 1 saturated heterocycles. The van der Waals surface area contributed by atoms with Gasteiger partial charge in [0.15, 0.2) is 5.69 Å². The molecule has 0 atom stereocenters. The van der Waals surface area contributed by atoms with Gasteiger partial charge in [0.2, 0.25) is 15.9 Å². The Morgan fingerprint density at radius 3 is 2.39 bits per heavy atom. The number of fused-ring (bicyclic) bond motifs is 1. The highest BCUT2D eigenvalue weighted by atomic mass is 32.2. The molecule has 1 amide bonds. The molecule has 2 heterocycles. The lowest BCUT2D eigenvalue weighted by Crippen LogP contribution is -2.40. The van der Waals surface area contributed by atoms with Crippen molar-refractivity contribution in [1.29, 1.82) is 0 Å². The van der Waals surface area contributed by atoms with Crippen molar-refractivity contribution < 1.29 is 31.1 Å². The molecule has 2 aromatic rings. The van der Waals surface area contributed by atoms with Crippen LogP contribution >= 0.6 is 0 Å². The van der Waals surface area contributed by atoms with E-state index in [0.717, 1.165) is 17.5 Å². The highest BCUT2D eigenvalue weighted by Crippen LogP contribution is 2.35. The van der Waals surface area contributed by atoms with Crippen LogP contribution in [0, 0.1) is 0 Å². The number of carbonyl (C=O) groups is 1. The molecule has 4 rings (SSSR count). The highest BCUT2D eigenvalue weighted by Gasteiger charge is 2.39. The van der Waals surface area contributed by atoms with Gasteiger partial charge in [0.1, 0.15) is 6.54 Å². The number of morpholine rings is 1. The summed E-state index contributed by atoms with van der Waals surface area (Å²) in [4.78, 5) is 12.6. The number of alkyl halides is 3. The number of nitrogens with zero attached hydrogens (tertiary/aromatic N) is 3.